The summed E-state index contributed by atoms with van der Waals surface area (Å²) in [5.74, 6) is 0.756. The summed E-state index contributed by atoms with van der Waals surface area (Å²) in [7, 11) is 0. The highest BCUT2D eigenvalue weighted by atomic mass is 32.1. The number of ether oxygens (including phenoxy) is 1. The van der Waals surface area contributed by atoms with E-state index in [1.807, 2.05) is 6.07 Å². The third-order valence-corrected chi connectivity index (χ3v) is 3.28. The molecule has 86 valence electrons. The highest BCUT2D eigenvalue weighted by molar-refractivity contribution is 7.10. The third kappa shape index (κ3) is 4.78. The molecule has 1 aromatic heterocycles. The van der Waals surface area contributed by atoms with Crippen LogP contribution in [0, 0.1) is 5.92 Å². The van der Waals surface area contributed by atoms with Gasteiger partial charge in [-0.1, -0.05) is 19.9 Å². The molecule has 1 aromatic rings. The van der Waals surface area contributed by atoms with Gasteiger partial charge in [0.25, 0.3) is 0 Å². The zero-order valence-electron chi connectivity index (χ0n) is 9.61. The Balaban J connectivity index is 2.23. The van der Waals surface area contributed by atoms with Crippen molar-refractivity contribution in [3.05, 3.63) is 22.4 Å². The van der Waals surface area contributed by atoms with E-state index in [0.29, 0.717) is 6.54 Å². The number of hydrogen-bond acceptors (Lipinski definition) is 3. The average molecular weight is 227 g/mol. The topological polar surface area (TPSA) is 35.2 Å². The van der Waals surface area contributed by atoms with Crippen LogP contribution in [0.2, 0.25) is 0 Å². The maximum absolute atomic E-state index is 5.77. The lowest BCUT2D eigenvalue weighted by Crippen LogP contribution is -2.15. The van der Waals surface area contributed by atoms with Crippen molar-refractivity contribution in [2.75, 3.05) is 13.2 Å². The monoisotopic (exact) mass is 227 g/mol. The zero-order valence-corrected chi connectivity index (χ0v) is 10.4. The molecule has 0 radical (unpaired) electrons. The smallest absolute Gasteiger partial charge is 0.104 e. The second-order valence-electron chi connectivity index (χ2n) is 4.15. The lowest BCUT2D eigenvalue weighted by atomic mass is 10.1. The molecule has 0 fully saturated rings. The van der Waals surface area contributed by atoms with E-state index in [2.05, 4.69) is 25.3 Å². The third-order valence-electron chi connectivity index (χ3n) is 2.32. The van der Waals surface area contributed by atoms with Crippen LogP contribution in [0.3, 0.4) is 0 Å². The van der Waals surface area contributed by atoms with E-state index in [1.165, 1.54) is 11.3 Å². The van der Waals surface area contributed by atoms with Gasteiger partial charge in [0, 0.05) is 18.0 Å². The highest BCUT2D eigenvalue weighted by Gasteiger charge is 2.10. The van der Waals surface area contributed by atoms with Crippen LogP contribution in [0.25, 0.3) is 0 Å². The van der Waals surface area contributed by atoms with E-state index in [9.17, 15) is 0 Å². The molecule has 0 saturated carbocycles. The molecular formula is C12H21NOS. The molecule has 0 aliphatic rings. The molecule has 0 bridgehead atoms. The minimum atomic E-state index is 0.0946. The number of hydrogen-bond donors (Lipinski definition) is 1. The van der Waals surface area contributed by atoms with E-state index in [4.69, 9.17) is 10.5 Å². The van der Waals surface area contributed by atoms with Crippen molar-refractivity contribution in [2.45, 2.75) is 32.8 Å². The van der Waals surface area contributed by atoms with Crippen LogP contribution in [0.15, 0.2) is 17.5 Å². The fourth-order valence-corrected chi connectivity index (χ4v) is 2.25. The first-order chi connectivity index (χ1) is 7.24. The first-order valence-corrected chi connectivity index (χ1v) is 6.47. The molecule has 1 heterocycles. The summed E-state index contributed by atoms with van der Waals surface area (Å²) >= 11 is 1.71. The van der Waals surface area contributed by atoms with Crippen molar-refractivity contribution in [1.82, 2.24) is 0 Å². The Kier molecular flexibility index (Phi) is 5.91. The van der Waals surface area contributed by atoms with Gasteiger partial charge in [-0.3, -0.25) is 0 Å². The Hall–Kier alpha value is -0.380. The fraction of sp³-hybridized carbons (Fsp3) is 0.667. The van der Waals surface area contributed by atoms with Gasteiger partial charge in [-0.15, -0.1) is 11.3 Å². The highest BCUT2D eigenvalue weighted by Crippen LogP contribution is 2.21. The lowest BCUT2D eigenvalue weighted by Gasteiger charge is -2.14. The van der Waals surface area contributed by atoms with Crippen LogP contribution in [0.5, 0.6) is 0 Å². The van der Waals surface area contributed by atoms with Gasteiger partial charge < -0.3 is 10.5 Å². The van der Waals surface area contributed by atoms with E-state index in [1.54, 1.807) is 11.3 Å². The van der Waals surface area contributed by atoms with Gasteiger partial charge in [0.15, 0.2) is 0 Å². The van der Waals surface area contributed by atoms with Gasteiger partial charge in [-0.05, 0) is 30.2 Å². The Labute approximate surface area is 96.4 Å². The quantitative estimate of drug-likeness (QED) is 0.726. The van der Waals surface area contributed by atoms with Gasteiger partial charge in [0.1, 0.15) is 6.10 Å². The predicted octanol–water partition coefficient (Wildman–Crippen LogP) is 3.20. The van der Waals surface area contributed by atoms with Gasteiger partial charge in [0.2, 0.25) is 0 Å². The Morgan fingerprint density at radius 1 is 1.47 bits per heavy atom. The van der Waals surface area contributed by atoms with Crippen LogP contribution in [0.1, 0.15) is 37.7 Å². The average Bonchev–Trinajstić information content (AvgIpc) is 2.70. The first-order valence-electron chi connectivity index (χ1n) is 5.59. The van der Waals surface area contributed by atoms with E-state index in [0.717, 1.165) is 18.9 Å². The summed E-state index contributed by atoms with van der Waals surface area (Å²) in [5.41, 5.74) is 5.69. The standard InChI is InChI=1S/C12H21NOS/c1-10(2)5-3-7-14-11(9-13)12-6-4-8-15-12/h4,6,8,10-11H,3,5,7,9,13H2,1-2H3. The normalized spacial score (nSPS) is 13.3. The minimum absolute atomic E-state index is 0.0946. The molecular weight excluding hydrogens is 206 g/mol. The molecule has 0 aliphatic heterocycles. The molecule has 0 saturated heterocycles. The van der Waals surface area contributed by atoms with Crippen molar-refractivity contribution >= 4 is 11.3 Å². The maximum atomic E-state index is 5.77. The van der Waals surface area contributed by atoms with Gasteiger partial charge in [-0.25, -0.2) is 0 Å². The van der Waals surface area contributed by atoms with Gasteiger partial charge in [-0.2, -0.15) is 0 Å². The first kappa shape index (κ1) is 12.7. The largest absolute Gasteiger partial charge is 0.371 e. The van der Waals surface area contributed by atoms with Crippen molar-refractivity contribution in [1.29, 1.82) is 0 Å². The molecule has 1 unspecified atom stereocenters. The maximum Gasteiger partial charge on any atom is 0.104 e. The second-order valence-corrected chi connectivity index (χ2v) is 5.13. The van der Waals surface area contributed by atoms with Crippen LogP contribution in [-0.4, -0.2) is 13.2 Å². The van der Waals surface area contributed by atoms with Crippen molar-refractivity contribution in [3.63, 3.8) is 0 Å². The molecule has 0 aromatic carbocycles. The molecule has 2 N–H and O–H groups in total. The molecule has 15 heavy (non-hydrogen) atoms. The van der Waals surface area contributed by atoms with E-state index >= 15 is 0 Å². The minimum Gasteiger partial charge on any atom is -0.371 e. The Bertz CT molecular complexity index is 246. The number of thiophene rings is 1. The van der Waals surface area contributed by atoms with Crippen LogP contribution < -0.4 is 5.73 Å². The lowest BCUT2D eigenvalue weighted by molar-refractivity contribution is 0.0569. The fourth-order valence-electron chi connectivity index (χ4n) is 1.46. The Morgan fingerprint density at radius 2 is 2.27 bits per heavy atom. The Morgan fingerprint density at radius 3 is 2.80 bits per heavy atom. The molecule has 1 atom stereocenters. The molecule has 0 amide bonds. The number of nitrogens with two attached hydrogens (primary N) is 1. The van der Waals surface area contributed by atoms with Gasteiger partial charge in [0.05, 0.1) is 0 Å². The second kappa shape index (κ2) is 6.99. The van der Waals surface area contributed by atoms with Crippen LogP contribution in [0.4, 0.5) is 0 Å². The molecule has 1 rings (SSSR count). The van der Waals surface area contributed by atoms with E-state index in [-0.39, 0.29) is 6.10 Å². The molecule has 2 nitrogen and oxygen atoms in total. The summed E-state index contributed by atoms with van der Waals surface area (Å²) in [6, 6.07) is 4.13. The van der Waals surface area contributed by atoms with Crippen molar-refractivity contribution in [2.24, 2.45) is 11.7 Å². The summed E-state index contributed by atoms with van der Waals surface area (Å²) in [5, 5.41) is 2.06. The van der Waals surface area contributed by atoms with E-state index < -0.39 is 0 Å². The molecule has 0 aliphatic carbocycles. The van der Waals surface area contributed by atoms with Gasteiger partial charge >= 0.3 is 0 Å². The van der Waals surface area contributed by atoms with Crippen molar-refractivity contribution < 1.29 is 4.74 Å². The summed E-state index contributed by atoms with van der Waals surface area (Å²) in [6.07, 6.45) is 2.44. The molecule has 0 spiro atoms. The zero-order chi connectivity index (χ0) is 11.1. The summed E-state index contributed by atoms with van der Waals surface area (Å²) in [6.45, 7) is 5.86. The van der Waals surface area contributed by atoms with Crippen LogP contribution in [-0.2, 0) is 4.74 Å². The van der Waals surface area contributed by atoms with Crippen LogP contribution >= 0.6 is 11.3 Å². The number of rotatable bonds is 7. The van der Waals surface area contributed by atoms with Crippen molar-refractivity contribution in [3.8, 4) is 0 Å². The predicted molar refractivity (Wildman–Crippen MR) is 66.1 cm³/mol. The summed E-state index contributed by atoms with van der Waals surface area (Å²) in [4.78, 5) is 1.24. The summed E-state index contributed by atoms with van der Waals surface area (Å²) < 4.78 is 5.77. The molecule has 3 heteroatoms. The SMILES string of the molecule is CC(C)CCCOC(CN)c1cccs1.